The van der Waals surface area contributed by atoms with Crippen LogP contribution in [0.4, 0.5) is 10.5 Å². The summed E-state index contributed by atoms with van der Waals surface area (Å²) in [4.78, 5) is 37.7. The SMILES string of the molecule is O=C1S/C(=C\c2cn(Cc3ccc([N+](=O)[O-])cc3)c3ccccc23)C(=O)N1Cc1ccccc1. The Morgan fingerprint density at radius 3 is 2.26 bits per heavy atom. The van der Waals surface area contributed by atoms with Crippen LogP contribution in [0.5, 0.6) is 0 Å². The summed E-state index contributed by atoms with van der Waals surface area (Å²) in [6.45, 7) is 0.757. The van der Waals surface area contributed by atoms with Gasteiger partial charge in [0.25, 0.3) is 16.8 Å². The van der Waals surface area contributed by atoms with Gasteiger partial charge in [0.1, 0.15) is 0 Å². The van der Waals surface area contributed by atoms with Gasteiger partial charge < -0.3 is 4.57 Å². The zero-order valence-electron chi connectivity index (χ0n) is 18.0. The van der Waals surface area contributed by atoms with Crippen molar-refractivity contribution in [2.75, 3.05) is 0 Å². The standard InChI is InChI=1S/C26H19N3O4S/c30-25-24(34-26(31)28(25)16-18-6-2-1-3-7-18)14-20-17-27(23-9-5-4-8-22(20)23)15-19-10-12-21(13-11-19)29(32)33/h1-14,17H,15-16H2/b24-14-. The van der Waals surface area contributed by atoms with Crippen molar-refractivity contribution in [2.45, 2.75) is 13.1 Å². The van der Waals surface area contributed by atoms with Crippen molar-refractivity contribution in [2.24, 2.45) is 0 Å². The summed E-state index contributed by atoms with van der Waals surface area (Å²) in [7, 11) is 0. The normalized spacial score (nSPS) is 14.9. The highest BCUT2D eigenvalue weighted by molar-refractivity contribution is 8.18. The van der Waals surface area contributed by atoms with Crippen LogP contribution >= 0.6 is 11.8 Å². The first kappa shape index (κ1) is 21.7. The molecule has 0 N–H and O–H groups in total. The van der Waals surface area contributed by atoms with E-state index in [1.807, 2.05) is 65.4 Å². The summed E-state index contributed by atoms with van der Waals surface area (Å²) >= 11 is 0.947. The van der Waals surface area contributed by atoms with Crippen LogP contribution in [0.1, 0.15) is 16.7 Å². The Labute approximate surface area is 199 Å². The molecule has 7 nitrogen and oxygen atoms in total. The number of imide groups is 1. The second-order valence-corrected chi connectivity index (χ2v) is 8.90. The minimum absolute atomic E-state index is 0.0491. The fourth-order valence-electron chi connectivity index (χ4n) is 3.98. The molecule has 0 spiro atoms. The molecule has 2 heterocycles. The van der Waals surface area contributed by atoms with Gasteiger partial charge in [-0.3, -0.25) is 24.6 Å². The minimum Gasteiger partial charge on any atom is -0.342 e. The summed E-state index contributed by atoms with van der Waals surface area (Å²) in [5.41, 5.74) is 3.67. The number of hydrogen-bond acceptors (Lipinski definition) is 5. The van der Waals surface area contributed by atoms with E-state index in [4.69, 9.17) is 0 Å². The third kappa shape index (κ3) is 4.23. The highest BCUT2D eigenvalue weighted by Crippen LogP contribution is 2.35. The monoisotopic (exact) mass is 469 g/mol. The topological polar surface area (TPSA) is 85.5 Å². The number of nitro groups is 1. The van der Waals surface area contributed by atoms with E-state index in [0.717, 1.165) is 39.4 Å². The average Bonchev–Trinajstić information content (AvgIpc) is 3.32. The lowest BCUT2D eigenvalue weighted by Gasteiger charge is -2.12. The Bertz CT molecular complexity index is 1440. The molecule has 1 fully saturated rings. The van der Waals surface area contributed by atoms with Crippen LogP contribution in [0.15, 0.2) is 90.0 Å². The van der Waals surface area contributed by atoms with E-state index < -0.39 is 4.92 Å². The molecule has 0 atom stereocenters. The molecule has 0 radical (unpaired) electrons. The molecule has 1 aliphatic rings. The van der Waals surface area contributed by atoms with Gasteiger partial charge in [-0.1, -0.05) is 60.7 Å². The first-order valence-corrected chi connectivity index (χ1v) is 11.4. The maximum atomic E-state index is 13.0. The average molecular weight is 470 g/mol. The second-order valence-electron chi connectivity index (χ2n) is 7.91. The van der Waals surface area contributed by atoms with E-state index >= 15 is 0 Å². The summed E-state index contributed by atoms with van der Waals surface area (Å²) in [5, 5.41) is 11.6. The van der Waals surface area contributed by atoms with Gasteiger partial charge in [-0.15, -0.1) is 0 Å². The molecule has 1 aromatic heterocycles. The summed E-state index contributed by atoms with van der Waals surface area (Å²) in [6.07, 6.45) is 3.71. The largest absolute Gasteiger partial charge is 0.342 e. The molecule has 0 bridgehead atoms. The Hall–Kier alpha value is -4.17. The molecule has 8 heteroatoms. The van der Waals surface area contributed by atoms with Crippen LogP contribution in [0.2, 0.25) is 0 Å². The van der Waals surface area contributed by atoms with E-state index in [2.05, 4.69) is 0 Å². The first-order valence-electron chi connectivity index (χ1n) is 10.6. The highest BCUT2D eigenvalue weighted by atomic mass is 32.2. The minimum atomic E-state index is -0.419. The van der Waals surface area contributed by atoms with Crippen LogP contribution in [-0.4, -0.2) is 25.5 Å². The third-order valence-corrected chi connectivity index (χ3v) is 6.57. The molecular weight excluding hydrogens is 450 g/mol. The number of benzene rings is 3. The fourth-order valence-corrected chi connectivity index (χ4v) is 4.81. The van der Waals surface area contributed by atoms with Crippen LogP contribution in [-0.2, 0) is 17.9 Å². The number of nitro benzene ring substituents is 1. The number of aromatic nitrogens is 1. The predicted molar refractivity (Wildman–Crippen MR) is 132 cm³/mol. The van der Waals surface area contributed by atoms with Crippen molar-refractivity contribution in [1.82, 2.24) is 9.47 Å². The van der Waals surface area contributed by atoms with Crippen LogP contribution in [0.3, 0.4) is 0 Å². The Morgan fingerprint density at radius 2 is 1.53 bits per heavy atom. The molecule has 168 valence electrons. The van der Waals surface area contributed by atoms with Crippen molar-refractivity contribution in [1.29, 1.82) is 0 Å². The maximum absolute atomic E-state index is 13.0. The van der Waals surface area contributed by atoms with Gasteiger partial charge in [0.2, 0.25) is 0 Å². The van der Waals surface area contributed by atoms with E-state index in [-0.39, 0.29) is 23.4 Å². The number of carbonyl (C=O) groups excluding carboxylic acids is 2. The summed E-state index contributed by atoms with van der Waals surface area (Å²) < 4.78 is 2.04. The smallest absolute Gasteiger partial charge is 0.293 e. The molecule has 5 rings (SSSR count). The van der Waals surface area contributed by atoms with Crippen LogP contribution < -0.4 is 0 Å². The van der Waals surface area contributed by atoms with E-state index in [1.165, 1.54) is 17.0 Å². The van der Waals surface area contributed by atoms with Gasteiger partial charge in [0.05, 0.1) is 16.4 Å². The molecule has 34 heavy (non-hydrogen) atoms. The van der Waals surface area contributed by atoms with Gasteiger partial charge in [-0.2, -0.15) is 0 Å². The molecule has 0 unspecified atom stereocenters. The fraction of sp³-hybridized carbons (Fsp3) is 0.0769. The molecule has 0 saturated carbocycles. The zero-order valence-corrected chi connectivity index (χ0v) is 18.8. The van der Waals surface area contributed by atoms with Crippen molar-refractivity contribution >= 4 is 45.6 Å². The maximum Gasteiger partial charge on any atom is 0.293 e. The van der Waals surface area contributed by atoms with Crippen molar-refractivity contribution < 1.29 is 14.5 Å². The zero-order chi connectivity index (χ0) is 23.7. The van der Waals surface area contributed by atoms with Crippen LogP contribution in [0, 0.1) is 10.1 Å². The highest BCUT2D eigenvalue weighted by Gasteiger charge is 2.35. The third-order valence-electron chi connectivity index (χ3n) is 5.66. The molecule has 0 aliphatic carbocycles. The number of para-hydroxylation sites is 1. The number of carbonyl (C=O) groups is 2. The lowest BCUT2D eigenvalue weighted by atomic mass is 10.1. The number of hydrogen-bond donors (Lipinski definition) is 0. The van der Waals surface area contributed by atoms with Gasteiger partial charge in [-0.05, 0) is 35.0 Å². The number of rotatable bonds is 6. The van der Waals surface area contributed by atoms with Gasteiger partial charge >= 0.3 is 0 Å². The first-order chi connectivity index (χ1) is 16.5. The lowest BCUT2D eigenvalue weighted by molar-refractivity contribution is -0.384. The van der Waals surface area contributed by atoms with Crippen molar-refractivity contribution in [3.63, 3.8) is 0 Å². The Morgan fingerprint density at radius 1 is 0.853 bits per heavy atom. The van der Waals surface area contributed by atoms with E-state index in [9.17, 15) is 19.7 Å². The van der Waals surface area contributed by atoms with Gasteiger partial charge in [-0.25, -0.2) is 0 Å². The number of nitrogens with zero attached hydrogens (tertiary/aromatic N) is 3. The van der Waals surface area contributed by atoms with Crippen molar-refractivity contribution in [3.8, 4) is 0 Å². The van der Waals surface area contributed by atoms with E-state index in [0.29, 0.717) is 11.4 Å². The quantitative estimate of drug-likeness (QED) is 0.201. The number of amides is 2. The van der Waals surface area contributed by atoms with Gasteiger partial charge in [0.15, 0.2) is 0 Å². The van der Waals surface area contributed by atoms with Crippen molar-refractivity contribution in [3.05, 3.63) is 117 Å². The second kappa shape index (κ2) is 8.99. The molecule has 3 aromatic carbocycles. The number of non-ortho nitro benzene ring substituents is 1. The van der Waals surface area contributed by atoms with Gasteiger partial charge in [0, 0.05) is 41.3 Å². The molecular formula is C26H19N3O4S. The Kier molecular flexibility index (Phi) is 5.73. The summed E-state index contributed by atoms with van der Waals surface area (Å²) in [5.74, 6) is -0.300. The molecule has 1 saturated heterocycles. The number of fused-ring (bicyclic) bond motifs is 1. The lowest BCUT2D eigenvalue weighted by Crippen LogP contribution is -2.27. The predicted octanol–water partition coefficient (Wildman–Crippen LogP) is 5.83. The van der Waals surface area contributed by atoms with E-state index in [1.54, 1.807) is 18.2 Å². The van der Waals surface area contributed by atoms with Crippen LogP contribution in [0.25, 0.3) is 17.0 Å². The molecule has 1 aliphatic heterocycles. The molecule has 2 amide bonds. The molecule has 4 aromatic rings. The Balaban J connectivity index is 1.44. The number of thioether (sulfide) groups is 1. The summed E-state index contributed by atoms with van der Waals surface area (Å²) in [6, 6.07) is 23.7.